The zero-order valence-electron chi connectivity index (χ0n) is 21.0. The first-order valence-electron chi connectivity index (χ1n) is 11.8. The zero-order chi connectivity index (χ0) is 25.5. The maximum absolute atomic E-state index is 13.4. The smallest absolute Gasteiger partial charge is 0.270 e. The summed E-state index contributed by atoms with van der Waals surface area (Å²) in [6, 6.07) is 25.0. The fraction of sp³-hybridized carbons (Fsp3) is 0.241. The van der Waals surface area contributed by atoms with E-state index in [0.717, 1.165) is 29.8 Å². The molecule has 3 aromatic carbocycles. The second kappa shape index (κ2) is 11.4. The Morgan fingerprint density at radius 2 is 1.58 bits per heavy atom. The summed E-state index contributed by atoms with van der Waals surface area (Å²) in [6.07, 6.45) is 1.71. The molecule has 0 aliphatic heterocycles. The quantitative estimate of drug-likeness (QED) is 0.329. The van der Waals surface area contributed by atoms with Gasteiger partial charge in [-0.1, -0.05) is 30.3 Å². The minimum absolute atomic E-state index is 0.0177. The van der Waals surface area contributed by atoms with Gasteiger partial charge in [0.15, 0.2) is 0 Å². The van der Waals surface area contributed by atoms with Crippen molar-refractivity contribution in [1.82, 2.24) is 15.1 Å². The maximum Gasteiger partial charge on any atom is 0.270 e. The van der Waals surface area contributed by atoms with E-state index in [2.05, 4.69) is 17.4 Å². The number of hydrogen-bond donors (Lipinski definition) is 1. The highest BCUT2D eigenvalue weighted by Gasteiger charge is 2.21. The number of aryl methyl sites for hydroxylation is 1. The predicted octanol–water partition coefficient (Wildman–Crippen LogP) is 5.32. The first kappa shape index (κ1) is 24.9. The number of carbonyl (C=O) groups is 1. The predicted molar refractivity (Wildman–Crippen MR) is 140 cm³/mol. The Hall–Kier alpha value is -4.26. The second-order valence-electron chi connectivity index (χ2n) is 8.49. The van der Waals surface area contributed by atoms with Crippen molar-refractivity contribution in [1.29, 1.82) is 0 Å². The largest absolute Gasteiger partial charge is 0.497 e. The van der Waals surface area contributed by atoms with Gasteiger partial charge < -0.3 is 19.5 Å². The molecule has 1 heterocycles. The molecule has 0 spiro atoms. The summed E-state index contributed by atoms with van der Waals surface area (Å²) >= 11 is 0. The highest BCUT2D eigenvalue weighted by atomic mass is 16.5. The molecule has 0 aliphatic rings. The van der Waals surface area contributed by atoms with Gasteiger partial charge in [-0.15, -0.1) is 0 Å². The highest BCUT2D eigenvalue weighted by molar-refractivity contribution is 5.94. The number of nitrogens with one attached hydrogen (secondary N) is 1. The molecule has 1 amide bonds. The van der Waals surface area contributed by atoms with Crippen LogP contribution < -0.4 is 19.5 Å². The molecular weight excluding hydrogens is 454 g/mol. The van der Waals surface area contributed by atoms with Gasteiger partial charge in [-0.3, -0.25) is 4.79 Å². The molecule has 0 radical (unpaired) electrons. The van der Waals surface area contributed by atoms with Crippen molar-refractivity contribution in [2.75, 3.05) is 21.3 Å². The van der Waals surface area contributed by atoms with E-state index in [-0.39, 0.29) is 11.9 Å². The first-order valence-corrected chi connectivity index (χ1v) is 11.8. The molecule has 1 aromatic heterocycles. The third-order valence-electron chi connectivity index (χ3n) is 6.03. The molecule has 0 bridgehead atoms. The van der Waals surface area contributed by atoms with Crippen LogP contribution in [0.25, 0.3) is 16.9 Å². The Morgan fingerprint density at radius 1 is 0.889 bits per heavy atom. The number of amides is 1. The molecule has 4 rings (SSSR count). The van der Waals surface area contributed by atoms with Crippen LogP contribution in [0.5, 0.6) is 17.2 Å². The Morgan fingerprint density at radius 3 is 2.25 bits per heavy atom. The summed E-state index contributed by atoms with van der Waals surface area (Å²) in [5, 5.41) is 7.92. The Bertz CT molecular complexity index is 1300. The fourth-order valence-electron chi connectivity index (χ4n) is 4.00. The molecule has 4 aromatic rings. The van der Waals surface area contributed by atoms with Crippen LogP contribution in [0, 0.1) is 0 Å². The number of aromatic nitrogens is 2. The Balaban J connectivity index is 1.64. The van der Waals surface area contributed by atoms with E-state index in [9.17, 15) is 4.79 Å². The third kappa shape index (κ3) is 5.68. The van der Waals surface area contributed by atoms with E-state index in [1.807, 2.05) is 61.5 Å². The van der Waals surface area contributed by atoms with Crippen molar-refractivity contribution >= 4 is 5.91 Å². The molecular formula is C29H31N3O4. The number of benzene rings is 3. The van der Waals surface area contributed by atoms with Gasteiger partial charge in [-0.2, -0.15) is 5.10 Å². The monoisotopic (exact) mass is 485 g/mol. The zero-order valence-corrected chi connectivity index (χ0v) is 21.0. The minimum Gasteiger partial charge on any atom is -0.497 e. The number of rotatable bonds is 10. The topological polar surface area (TPSA) is 74.6 Å². The normalized spacial score (nSPS) is 11.6. The fourth-order valence-corrected chi connectivity index (χ4v) is 4.00. The van der Waals surface area contributed by atoms with Crippen LogP contribution in [0.2, 0.25) is 0 Å². The van der Waals surface area contributed by atoms with E-state index >= 15 is 0 Å². The molecule has 186 valence electrons. The number of hydrogen-bond acceptors (Lipinski definition) is 5. The molecule has 1 atom stereocenters. The lowest BCUT2D eigenvalue weighted by atomic mass is 10.1. The van der Waals surface area contributed by atoms with Crippen LogP contribution in [-0.2, 0) is 6.42 Å². The first-order chi connectivity index (χ1) is 17.5. The Labute approximate surface area is 211 Å². The van der Waals surface area contributed by atoms with Gasteiger partial charge >= 0.3 is 0 Å². The van der Waals surface area contributed by atoms with Crippen LogP contribution in [-0.4, -0.2) is 43.1 Å². The average molecular weight is 486 g/mol. The van der Waals surface area contributed by atoms with Gasteiger partial charge in [0.25, 0.3) is 5.91 Å². The van der Waals surface area contributed by atoms with Gasteiger partial charge in [0, 0.05) is 17.7 Å². The van der Waals surface area contributed by atoms with Gasteiger partial charge in [-0.25, -0.2) is 4.68 Å². The molecule has 7 nitrogen and oxygen atoms in total. The molecule has 0 fully saturated rings. The standard InChI is InChI=1S/C29H31N3O4/c1-20(10-11-21-8-6-5-7-9-21)30-29(33)27-19-26(25-17-16-24(35-3)18-28(25)36-4)31-32(27)22-12-14-23(34-2)15-13-22/h5-9,12-20H,10-11H2,1-4H3,(H,30,33). The SMILES string of the molecule is COc1ccc(-n2nc(-c3ccc(OC)cc3OC)cc2C(=O)NC(C)CCc2ccccc2)cc1. The molecule has 0 saturated heterocycles. The summed E-state index contributed by atoms with van der Waals surface area (Å²) in [5.41, 5.74) is 3.80. The molecule has 36 heavy (non-hydrogen) atoms. The van der Waals surface area contributed by atoms with Crippen molar-refractivity contribution in [2.24, 2.45) is 0 Å². The van der Waals surface area contributed by atoms with Crippen LogP contribution in [0.3, 0.4) is 0 Å². The summed E-state index contributed by atoms with van der Waals surface area (Å²) in [6.45, 7) is 2.02. The lowest BCUT2D eigenvalue weighted by Gasteiger charge is -2.15. The number of ether oxygens (including phenoxy) is 3. The molecule has 7 heteroatoms. The highest BCUT2D eigenvalue weighted by Crippen LogP contribution is 2.33. The van der Waals surface area contributed by atoms with Crippen molar-refractivity contribution < 1.29 is 19.0 Å². The summed E-state index contributed by atoms with van der Waals surface area (Å²) in [5.74, 6) is 1.81. The lowest BCUT2D eigenvalue weighted by Crippen LogP contribution is -2.34. The second-order valence-corrected chi connectivity index (χ2v) is 8.49. The van der Waals surface area contributed by atoms with Crippen molar-refractivity contribution in [3.63, 3.8) is 0 Å². The van der Waals surface area contributed by atoms with Crippen LogP contribution >= 0.6 is 0 Å². The Kier molecular flexibility index (Phi) is 7.90. The molecule has 1 N–H and O–H groups in total. The van der Waals surface area contributed by atoms with Crippen molar-refractivity contribution in [3.8, 4) is 34.2 Å². The van der Waals surface area contributed by atoms with Crippen LogP contribution in [0.1, 0.15) is 29.4 Å². The van der Waals surface area contributed by atoms with Gasteiger partial charge in [-0.05, 0) is 67.8 Å². The molecule has 1 unspecified atom stereocenters. The molecule has 0 saturated carbocycles. The number of methoxy groups -OCH3 is 3. The summed E-state index contributed by atoms with van der Waals surface area (Å²) < 4.78 is 17.8. The van der Waals surface area contributed by atoms with E-state index < -0.39 is 0 Å². The van der Waals surface area contributed by atoms with E-state index in [0.29, 0.717) is 22.9 Å². The van der Waals surface area contributed by atoms with Gasteiger partial charge in [0.05, 0.1) is 32.7 Å². The average Bonchev–Trinajstić information content (AvgIpc) is 3.37. The van der Waals surface area contributed by atoms with Gasteiger partial charge in [0.2, 0.25) is 0 Å². The van der Waals surface area contributed by atoms with E-state index in [1.165, 1.54) is 5.56 Å². The number of nitrogens with zero attached hydrogens (tertiary/aromatic N) is 2. The molecule has 0 aliphatic carbocycles. The maximum atomic E-state index is 13.4. The van der Waals surface area contributed by atoms with Crippen molar-refractivity contribution in [3.05, 3.63) is 90.1 Å². The van der Waals surface area contributed by atoms with E-state index in [4.69, 9.17) is 19.3 Å². The van der Waals surface area contributed by atoms with Crippen LogP contribution in [0.15, 0.2) is 78.9 Å². The van der Waals surface area contributed by atoms with Crippen LogP contribution in [0.4, 0.5) is 0 Å². The van der Waals surface area contributed by atoms with Crippen molar-refractivity contribution in [2.45, 2.75) is 25.8 Å². The van der Waals surface area contributed by atoms with Gasteiger partial charge in [0.1, 0.15) is 22.9 Å². The van der Waals surface area contributed by atoms with E-state index in [1.54, 1.807) is 38.1 Å². The summed E-state index contributed by atoms with van der Waals surface area (Å²) in [7, 11) is 4.82. The minimum atomic E-state index is -0.197. The summed E-state index contributed by atoms with van der Waals surface area (Å²) in [4.78, 5) is 13.4. The third-order valence-corrected chi connectivity index (χ3v) is 6.03. The lowest BCUT2D eigenvalue weighted by molar-refractivity contribution is 0.0930. The number of carbonyl (C=O) groups excluding carboxylic acids is 1.